The van der Waals surface area contributed by atoms with Crippen LogP contribution in [0.3, 0.4) is 0 Å². The smallest absolute Gasteiger partial charge is 0.151 e. The molecule has 3 unspecified atom stereocenters. The van der Waals surface area contributed by atoms with Crippen LogP contribution in [0.5, 0.6) is 0 Å². The van der Waals surface area contributed by atoms with Crippen LogP contribution >= 0.6 is 0 Å². The lowest BCUT2D eigenvalue weighted by atomic mass is 9.86. The van der Waals surface area contributed by atoms with Gasteiger partial charge < -0.3 is 5.73 Å². The molecule has 2 aliphatic rings. The summed E-state index contributed by atoms with van der Waals surface area (Å²) in [5.41, 5.74) is 6.16. The number of nitrogens with zero attached hydrogens (tertiary/aromatic N) is 1. The van der Waals surface area contributed by atoms with Crippen LogP contribution in [0.15, 0.2) is 0 Å². The Kier molecular flexibility index (Phi) is 5.14. The lowest BCUT2D eigenvalue weighted by molar-refractivity contribution is 0.0711. The van der Waals surface area contributed by atoms with Gasteiger partial charge in [-0.05, 0) is 38.6 Å². The summed E-state index contributed by atoms with van der Waals surface area (Å²) in [5, 5.41) is 0. The average Bonchev–Trinajstić information content (AvgIpc) is 2.67. The summed E-state index contributed by atoms with van der Waals surface area (Å²) in [6, 6.07) is 0.168. The van der Waals surface area contributed by atoms with Gasteiger partial charge in [-0.25, -0.2) is 8.42 Å². The fourth-order valence-electron chi connectivity index (χ4n) is 4.04. The number of nitrogens with two attached hydrogens (primary N) is 1. The Bertz CT molecular complexity index is 424. The zero-order valence-corrected chi connectivity index (χ0v) is 13.8. The van der Waals surface area contributed by atoms with Crippen LogP contribution in [0.25, 0.3) is 0 Å². The number of rotatable bonds is 4. The van der Waals surface area contributed by atoms with E-state index in [0.29, 0.717) is 18.1 Å². The zero-order chi connectivity index (χ0) is 14.8. The molecule has 0 aromatic carbocycles. The van der Waals surface area contributed by atoms with E-state index in [4.69, 9.17) is 5.73 Å². The molecular weight excluding hydrogens is 272 g/mol. The molecule has 0 aromatic heterocycles. The molecule has 0 radical (unpaired) electrons. The second-order valence-electron chi connectivity index (χ2n) is 6.80. The van der Waals surface area contributed by atoms with E-state index < -0.39 is 9.84 Å². The molecule has 2 rings (SSSR count). The molecule has 5 heteroatoms. The van der Waals surface area contributed by atoms with Gasteiger partial charge in [-0.1, -0.05) is 26.2 Å². The van der Waals surface area contributed by atoms with Crippen molar-refractivity contribution in [2.24, 2.45) is 11.7 Å². The quantitative estimate of drug-likeness (QED) is 0.804. The summed E-state index contributed by atoms with van der Waals surface area (Å²) >= 11 is 0. The third-order valence-corrected chi connectivity index (χ3v) is 7.48. The Hall–Kier alpha value is -0.130. The van der Waals surface area contributed by atoms with E-state index in [1.165, 1.54) is 25.7 Å². The van der Waals surface area contributed by atoms with Crippen molar-refractivity contribution < 1.29 is 8.42 Å². The normalized spacial score (nSPS) is 38.0. The molecule has 4 nitrogen and oxygen atoms in total. The minimum Gasteiger partial charge on any atom is -0.329 e. The van der Waals surface area contributed by atoms with E-state index in [1.807, 2.05) is 0 Å². The molecule has 1 saturated heterocycles. The standard InChI is InChI=1S/C15H30N2O2S/c1-3-13-5-4-8-15(12-16,9-6-13)17(2)14-7-10-20(18,19)11-14/h13-14H,3-12,16H2,1-2H3. The number of sulfone groups is 1. The number of hydrogen-bond donors (Lipinski definition) is 1. The lowest BCUT2D eigenvalue weighted by Crippen LogP contribution is -2.56. The molecule has 1 aliphatic heterocycles. The molecule has 0 amide bonds. The van der Waals surface area contributed by atoms with Crippen molar-refractivity contribution >= 4 is 9.84 Å². The first-order valence-electron chi connectivity index (χ1n) is 8.06. The Morgan fingerprint density at radius 1 is 1.25 bits per heavy atom. The molecule has 0 bridgehead atoms. The van der Waals surface area contributed by atoms with E-state index >= 15 is 0 Å². The third-order valence-electron chi connectivity index (χ3n) is 5.73. The number of hydrogen-bond acceptors (Lipinski definition) is 4. The van der Waals surface area contributed by atoms with Gasteiger partial charge >= 0.3 is 0 Å². The summed E-state index contributed by atoms with van der Waals surface area (Å²) in [4.78, 5) is 2.33. The highest BCUT2D eigenvalue weighted by Gasteiger charge is 2.41. The number of likely N-dealkylation sites (N-methyl/N-ethyl adjacent to an activating group) is 1. The van der Waals surface area contributed by atoms with Crippen LogP contribution in [0, 0.1) is 5.92 Å². The van der Waals surface area contributed by atoms with Crippen LogP contribution in [0.4, 0.5) is 0 Å². The molecule has 2 fully saturated rings. The summed E-state index contributed by atoms with van der Waals surface area (Å²) in [6.07, 6.45) is 8.02. The van der Waals surface area contributed by atoms with E-state index in [9.17, 15) is 8.42 Å². The van der Waals surface area contributed by atoms with Crippen LogP contribution in [-0.2, 0) is 9.84 Å². The van der Waals surface area contributed by atoms with Crippen molar-refractivity contribution in [2.75, 3.05) is 25.1 Å². The van der Waals surface area contributed by atoms with Crippen LogP contribution in [0.1, 0.15) is 51.9 Å². The van der Waals surface area contributed by atoms with Gasteiger partial charge in [0.15, 0.2) is 9.84 Å². The molecule has 118 valence electrons. The van der Waals surface area contributed by atoms with Gasteiger partial charge in [0.25, 0.3) is 0 Å². The molecule has 1 heterocycles. The van der Waals surface area contributed by atoms with Crippen molar-refractivity contribution in [2.45, 2.75) is 63.5 Å². The highest BCUT2D eigenvalue weighted by atomic mass is 32.2. The van der Waals surface area contributed by atoms with Gasteiger partial charge in [0.2, 0.25) is 0 Å². The van der Waals surface area contributed by atoms with Crippen LogP contribution < -0.4 is 5.73 Å². The van der Waals surface area contributed by atoms with Crippen molar-refractivity contribution in [3.63, 3.8) is 0 Å². The highest BCUT2D eigenvalue weighted by Crippen LogP contribution is 2.37. The monoisotopic (exact) mass is 302 g/mol. The van der Waals surface area contributed by atoms with Gasteiger partial charge in [-0.2, -0.15) is 0 Å². The van der Waals surface area contributed by atoms with E-state index in [0.717, 1.165) is 25.2 Å². The summed E-state index contributed by atoms with van der Waals surface area (Å²) in [5.74, 6) is 1.49. The molecule has 0 aromatic rings. The fourth-order valence-corrected chi connectivity index (χ4v) is 5.81. The fraction of sp³-hybridized carbons (Fsp3) is 1.00. The predicted octanol–water partition coefficient (Wildman–Crippen LogP) is 1.79. The Morgan fingerprint density at radius 2 is 2.00 bits per heavy atom. The van der Waals surface area contributed by atoms with Crippen molar-refractivity contribution in [3.05, 3.63) is 0 Å². The largest absolute Gasteiger partial charge is 0.329 e. The first kappa shape index (κ1) is 16.2. The topological polar surface area (TPSA) is 63.4 Å². The van der Waals surface area contributed by atoms with E-state index in [-0.39, 0.29) is 11.6 Å². The first-order chi connectivity index (χ1) is 9.42. The SMILES string of the molecule is CCC1CCCC(CN)(N(C)C2CCS(=O)(=O)C2)CC1. The minimum atomic E-state index is -2.82. The van der Waals surface area contributed by atoms with Crippen molar-refractivity contribution in [3.8, 4) is 0 Å². The highest BCUT2D eigenvalue weighted by molar-refractivity contribution is 7.91. The molecule has 3 atom stereocenters. The van der Waals surface area contributed by atoms with Gasteiger partial charge in [-0.15, -0.1) is 0 Å². The molecule has 20 heavy (non-hydrogen) atoms. The van der Waals surface area contributed by atoms with Gasteiger partial charge in [0.1, 0.15) is 0 Å². The van der Waals surface area contributed by atoms with Crippen molar-refractivity contribution in [1.82, 2.24) is 4.90 Å². The molecule has 0 spiro atoms. The molecule has 1 saturated carbocycles. The molecule has 1 aliphatic carbocycles. The maximum absolute atomic E-state index is 11.7. The Morgan fingerprint density at radius 3 is 2.55 bits per heavy atom. The average molecular weight is 302 g/mol. The summed E-state index contributed by atoms with van der Waals surface area (Å²) < 4.78 is 23.5. The lowest BCUT2D eigenvalue weighted by Gasteiger charge is -2.44. The van der Waals surface area contributed by atoms with E-state index in [2.05, 4.69) is 18.9 Å². The maximum atomic E-state index is 11.7. The first-order valence-corrected chi connectivity index (χ1v) is 9.88. The summed E-state index contributed by atoms with van der Waals surface area (Å²) in [7, 11) is -0.719. The minimum absolute atomic E-state index is 0.0223. The predicted molar refractivity (Wildman–Crippen MR) is 83.5 cm³/mol. The Balaban J connectivity index is 2.10. The zero-order valence-electron chi connectivity index (χ0n) is 13.0. The van der Waals surface area contributed by atoms with Crippen molar-refractivity contribution in [1.29, 1.82) is 0 Å². The molecular formula is C15H30N2O2S. The van der Waals surface area contributed by atoms with Gasteiger partial charge in [0.05, 0.1) is 11.5 Å². The second kappa shape index (κ2) is 6.32. The Labute approximate surface area is 124 Å². The van der Waals surface area contributed by atoms with E-state index in [1.54, 1.807) is 0 Å². The maximum Gasteiger partial charge on any atom is 0.151 e. The van der Waals surface area contributed by atoms with Gasteiger partial charge in [0, 0.05) is 18.1 Å². The van der Waals surface area contributed by atoms with Crippen LogP contribution in [-0.4, -0.2) is 50.0 Å². The third kappa shape index (κ3) is 3.37. The van der Waals surface area contributed by atoms with Crippen LogP contribution in [0.2, 0.25) is 0 Å². The van der Waals surface area contributed by atoms with Gasteiger partial charge in [-0.3, -0.25) is 4.90 Å². The second-order valence-corrected chi connectivity index (χ2v) is 9.03. The molecule has 2 N–H and O–H groups in total. The summed E-state index contributed by atoms with van der Waals surface area (Å²) in [6.45, 7) is 2.92.